The molecule has 0 spiro atoms. The Labute approximate surface area is 112 Å². The first-order valence-corrected chi connectivity index (χ1v) is 7.41. The number of nitrogens with zero attached hydrogens (tertiary/aromatic N) is 2. The summed E-state index contributed by atoms with van der Waals surface area (Å²) < 4.78 is 0. The number of rotatable bonds is 4. The van der Waals surface area contributed by atoms with Crippen molar-refractivity contribution in [3.8, 4) is 0 Å². The molecule has 2 aliphatic rings. The highest BCUT2D eigenvalue weighted by Gasteiger charge is 2.30. The van der Waals surface area contributed by atoms with Gasteiger partial charge in [0.15, 0.2) is 5.12 Å². The van der Waals surface area contributed by atoms with Gasteiger partial charge in [-0.3, -0.25) is 14.5 Å². The molecule has 1 amide bonds. The van der Waals surface area contributed by atoms with E-state index >= 15 is 0 Å². The van der Waals surface area contributed by atoms with E-state index in [2.05, 4.69) is 10.2 Å². The number of carbonyl (C=O) groups is 2. The van der Waals surface area contributed by atoms with Crippen LogP contribution in [0.3, 0.4) is 0 Å². The lowest BCUT2D eigenvalue weighted by Crippen LogP contribution is -2.46. The molecule has 0 saturated carbocycles. The molecule has 0 aromatic rings. The van der Waals surface area contributed by atoms with Gasteiger partial charge in [0.2, 0.25) is 5.91 Å². The second kappa shape index (κ2) is 6.54. The van der Waals surface area contributed by atoms with Crippen LogP contribution in [0.5, 0.6) is 0 Å². The van der Waals surface area contributed by atoms with Gasteiger partial charge in [-0.1, -0.05) is 11.8 Å². The largest absolute Gasteiger partial charge is 0.340 e. The zero-order valence-corrected chi connectivity index (χ0v) is 11.7. The van der Waals surface area contributed by atoms with Crippen LogP contribution >= 0.6 is 11.8 Å². The van der Waals surface area contributed by atoms with Gasteiger partial charge in [0.1, 0.15) is 0 Å². The van der Waals surface area contributed by atoms with Gasteiger partial charge in [-0.05, 0) is 0 Å². The number of nitrogens with one attached hydrogen (secondary N) is 1. The number of hydrogen-bond donors (Lipinski definition) is 1. The Kier molecular flexibility index (Phi) is 5.03. The average Bonchev–Trinajstić information content (AvgIpc) is 2.67. The Balaban J connectivity index is 1.72. The van der Waals surface area contributed by atoms with E-state index in [1.54, 1.807) is 6.92 Å². The maximum atomic E-state index is 11.8. The summed E-state index contributed by atoms with van der Waals surface area (Å²) in [5.74, 6) is 0.198. The molecule has 2 heterocycles. The van der Waals surface area contributed by atoms with E-state index in [0.29, 0.717) is 6.42 Å². The SMILES string of the molecule is CC(=O)SC1CC(=O)N(CCN2CCNCC2)C1. The van der Waals surface area contributed by atoms with Crippen molar-refractivity contribution in [3.05, 3.63) is 0 Å². The topological polar surface area (TPSA) is 52.7 Å². The molecule has 0 aromatic carbocycles. The fraction of sp³-hybridized carbons (Fsp3) is 0.833. The van der Waals surface area contributed by atoms with E-state index in [1.165, 1.54) is 11.8 Å². The van der Waals surface area contributed by atoms with E-state index in [4.69, 9.17) is 0 Å². The number of likely N-dealkylation sites (tertiary alicyclic amines) is 1. The predicted octanol–water partition coefficient (Wildman–Crippen LogP) is -0.228. The van der Waals surface area contributed by atoms with E-state index in [-0.39, 0.29) is 16.3 Å². The molecule has 0 aromatic heterocycles. The molecule has 2 saturated heterocycles. The third-order valence-corrected chi connectivity index (χ3v) is 4.39. The van der Waals surface area contributed by atoms with E-state index < -0.39 is 0 Å². The van der Waals surface area contributed by atoms with Crippen LogP contribution in [0.15, 0.2) is 0 Å². The highest BCUT2D eigenvalue weighted by atomic mass is 32.2. The summed E-state index contributed by atoms with van der Waals surface area (Å²) in [5.41, 5.74) is 0. The molecule has 1 unspecified atom stereocenters. The van der Waals surface area contributed by atoms with E-state index in [9.17, 15) is 9.59 Å². The lowest BCUT2D eigenvalue weighted by molar-refractivity contribution is -0.127. The van der Waals surface area contributed by atoms with Gasteiger partial charge in [0.05, 0.1) is 0 Å². The van der Waals surface area contributed by atoms with Crippen molar-refractivity contribution in [2.75, 3.05) is 45.8 Å². The third-order valence-electron chi connectivity index (χ3n) is 3.41. The van der Waals surface area contributed by atoms with Gasteiger partial charge < -0.3 is 10.2 Å². The van der Waals surface area contributed by atoms with Crippen LogP contribution in [0.4, 0.5) is 0 Å². The molecule has 18 heavy (non-hydrogen) atoms. The monoisotopic (exact) mass is 271 g/mol. The maximum absolute atomic E-state index is 11.8. The van der Waals surface area contributed by atoms with Crippen molar-refractivity contribution < 1.29 is 9.59 Å². The average molecular weight is 271 g/mol. The fourth-order valence-electron chi connectivity index (χ4n) is 2.46. The van der Waals surface area contributed by atoms with Crippen molar-refractivity contribution in [2.45, 2.75) is 18.6 Å². The number of thioether (sulfide) groups is 1. The molecule has 0 aliphatic carbocycles. The molecule has 2 fully saturated rings. The molecule has 0 bridgehead atoms. The van der Waals surface area contributed by atoms with E-state index in [1.807, 2.05) is 4.90 Å². The summed E-state index contributed by atoms with van der Waals surface area (Å²) >= 11 is 1.31. The molecule has 6 heteroatoms. The Bertz CT molecular complexity index is 318. The normalized spacial score (nSPS) is 25.7. The minimum absolute atomic E-state index is 0.108. The second-order valence-corrected chi connectivity index (χ2v) is 6.34. The van der Waals surface area contributed by atoms with Crippen LogP contribution in [-0.4, -0.2) is 71.9 Å². The van der Waals surface area contributed by atoms with Crippen LogP contribution in [0.25, 0.3) is 0 Å². The Morgan fingerprint density at radius 2 is 2.11 bits per heavy atom. The van der Waals surface area contributed by atoms with Crippen LogP contribution in [-0.2, 0) is 9.59 Å². The molecular weight excluding hydrogens is 250 g/mol. The van der Waals surface area contributed by atoms with Crippen molar-refractivity contribution in [3.63, 3.8) is 0 Å². The van der Waals surface area contributed by atoms with Crippen LogP contribution < -0.4 is 5.32 Å². The number of carbonyl (C=O) groups excluding carboxylic acids is 2. The summed E-state index contributed by atoms with van der Waals surface area (Å²) in [4.78, 5) is 27.1. The van der Waals surface area contributed by atoms with Gasteiger partial charge in [0.25, 0.3) is 0 Å². The van der Waals surface area contributed by atoms with Crippen LogP contribution in [0, 0.1) is 0 Å². The van der Waals surface area contributed by atoms with Gasteiger partial charge in [-0.2, -0.15) is 0 Å². The second-order valence-electron chi connectivity index (χ2n) is 4.87. The van der Waals surface area contributed by atoms with Gasteiger partial charge in [-0.15, -0.1) is 0 Å². The molecule has 102 valence electrons. The summed E-state index contributed by atoms with van der Waals surface area (Å²) in [6.07, 6.45) is 0.520. The number of amides is 1. The fourth-order valence-corrected chi connectivity index (χ4v) is 3.41. The van der Waals surface area contributed by atoms with E-state index in [0.717, 1.165) is 45.8 Å². The predicted molar refractivity (Wildman–Crippen MR) is 72.6 cm³/mol. The van der Waals surface area contributed by atoms with Crippen molar-refractivity contribution in [1.82, 2.24) is 15.1 Å². The zero-order valence-electron chi connectivity index (χ0n) is 10.9. The minimum atomic E-state index is 0.108. The summed E-state index contributed by atoms with van der Waals surface area (Å²) in [7, 11) is 0. The Hall–Kier alpha value is -0.590. The first-order chi connectivity index (χ1) is 8.65. The van der Waals surface area contributed by atoms with Crippen molar-refractivity contribution in [1.29, 1.82) is 0 Å². The van der Waals surface area contributed by atoms with Crippen molar-refractivity contribution >= 4 is 22.8 Å². The van der Waals surface area contributed by atoms with Crippen molar-refractivity contribution in [2.24, 2.45) is 0 Å². The third kappa shape index (κ3) is 3.96. The van der Waals surface area contributed by atoms with Gasteiger partial charge >= 0.3 is 0 Å². The first-order valence-electron chi connectivity index (χ1n) is 6.53. The minimum Gasteiger partial charge on any atom is -0.340 e. The number of piperazine rings is 1. The Morgan fingerprint density at radius 3 is 2.78 bits per heavy atom. The first kappa shape index (κ1) is 13.8. The summed E-state index contributed by atoms with van der Waals surface area (Å²) in [6.45, 7) is 8.25. The molecule has 5 nitrogen and oxygen atoms in total. The molecule has 2 rings (SSSR count). The summed E-state index contributed by atoms with van der Waals surface area (Å²) in [6, 6.07) is 0. The zero-order chi connectivity index (χ0) is 13.0. The number of hydrogen-bond acceptors (Lipinski definition) is 5. The summed E-state index contributed by atoms with van der Waals surface area (Å²) in [5, 5.41) is 3.59. The standard InChI is InChI=1S/C12H21N3O2S/c1-10(16)18-11-8-12(17)15(9-11)7-6-14-4-2-13-3-5-14/h11,13H,2-9H2,1H3. The van der Waals surface area contributed by atoms with Gasteiger partial charge in [0, 0.05) is 64.4 Å². The highest BCUT2D eigenvalue weighted by molar-refractivity contribution is 8.14. The molecule has 1 N–H and O–H groups in total. The quantitative estimate of drug-likeness (QED) is 0.765. The Morgan fingerprint density at radius 1 is 1.39 bits per heavy atom. The molecule has 0 radical (unpaired) electrons. The lowest BCUT2D eigenvalue weighted by Gasteiger charge is -2.29. The van der Waals surface area contributed by atoms with Crippen LogP contribution in [0.2, 0.25) is 0 Å². The van der Waals surface area contributed by atoms with Gasteiger partial charge in [-0.25, -0.2) is 0 Å². The maximum Gasteiger partial charge on any atom is 0.223 e. The molecule has 2 aliphatic heterocycles. The molecular formula is C12H21N3O2S. The highest BCUT2D eigenvalue weighted by Crippen LogP contribution is 2.23. The lowest BCUT2D eigenvalue weighted by atomic mass is 10.3. The van der Waals surface area contributed by atoms with Crippen LogP contribution in [0.1, 0.15) is 13.3 Å². The smallest absolute Gasteiger partial charge is 0.223 e. The molecule has 1 atom stereocenters.